The van der Waals surface area contributed by atoms with E-state index < -0.39 is 35.5 Å². The van der Waals surface area contributed by atoms with Gasteiger partial charge in [-0.15, -0.1) is 0 Å². The van der Waals surface area contributed by atoms with Crippen molar-refractivity contribution in [3.63, 3.8) is 0 Å². The minimum absolute atomic E-state index is 0.0272. The molecule has 0 unspecified atom stereocenters. The van der Waals surface area contributed by atoms with Crippen molar-refractivity contribution in [2.45, 2.75) is 63.0 Å². The molecule has 0 N–H and O–H groups in total. The number of benzene rings is 1. The van der Waals surface area contributed by atoms with Crippen molar-refractivity contribution >= 4 is 33.8 Å². The maximum atomic E-state index is 11.9. The maximum absolute atomic E-state index is 11.9. The molecular weight excluding hydrogens is 428 g/mol. The summed E-state index contributed by atoms with van der Waals surface area (Å²) in [6.45, 7) is 4.14. The summed E-state index contributed by atoms with van der Waals surface area (Å²) < 4.78 is 16.8. The molecule has 3 rings (SSSR count). The highest BCUT2D eigenvalue weighted by Crippen LogP contribution is 2.57. The average Bonchev–Trinajstić information content (AvgIpc) is 2.62. The monoisotopic (exact) mass is 452 g/mol. The van der Waals surface area contributed by atoms with Gasteiger partial charge in [0.25, 0.3) is 0 Å². The molecule has 0 saturated heterocycles. The first kappa shape index (κ1) is 20.8. The van der Waals surface area contributed by atoms with Crippen LogP contribution in [-0.2, 0) is 35.0 Å². The van der Waals surface area contributed by atoms with Crippen LogP contribution in [0.1, 0.15) is 50.7 Å². The van der Waals surface area contributed by atoms with E-state index in [-0.39, 0.29) is 17.4 Å². The largest absolute Gasteiger partial charge is 0.465 e. The summed E-state index contributed by atoms with van der Waals surface area (Å²) in [5, 5.41) is 0. The summed E-state index contributed by atoms with van der Waals surface area (Å²) >= 11 is 3.79. The Morgan fingerprint density at radius 2 is 1.75 bits per heavy atom. The molecule has 2 aliphatic carbocycles. The quantitative estimate of drug-likeness (QED) is 0.396. The molecule has 6 nitrogen and oxygen atoms in total. The number of fused-ring (bicyclic) bond motifs is 3. The Morgan fingerprint density at radius 3 is 2.39 bits per heavy atom. The molecule has 5 atom stereocenters. The lowest BCUT2D eigenvalue weighted by Gasteiger charge is -2.55. The Labute approximate surface area is 173 Å². The lowest BCUT2D eigenvalue weighted by molar-refractivity contribution is -0.197. The van der Waals surface area contributed by atoms with Gasteiger partial charge in [0.1, 0.15) is 18.8 Å². The van der Waals surface area contributed by atoms with Crippen molar-refractivity contribution in [1.29, 1.82) is 0 Å². The Morgan fingerprint density at radius 1 is 1.07 bits per heavy atom. The van der Waals surface area contributed by atoms with E-state index in [0.29, 0.717) is 12.8 Å². The second-order valence-electron chi connectivity index (χ2n) is 7.62. The van der Waals surface area contributed by atoms with Gasteiger partial charge in [0.15, 0.2) is 0 Å². The molecule has 0 aliphatic heterocycles. The van der Waals surface area contributed by atoms with Gasteiger partial charge >= 0.3 is 17.9 Å². The summed E-state index contributed by atoms with van der Waals surface area (Å²) in [7, 11) is 0. The number of rotatable bonds is 4. The number of hydrogen-bond donors (Lipinski definition) is 0. The summed E-state index contributed by atoms with van der Waals surface area (Å²) in [5.41, 5.74) is 1.71. The number of carbonyl (C=O) groups is 3. The van der Waals surface area contributed by atoms with Crippen molar-refractivity contribution in [1.82, 2.24) is 0 Å². The van der Waals surface area contributed by atoms with Crippen LogP contribution in [0.25, 0.3) is 0 Å². The van der Waals surface area contributed by atoms with Crippen LogP contribution in [0.15, 0.2) is 24.3 Å². The van der Waals surface area contributed by atoms with Gasteiger partial charge in [-0.1, -0.05) is 40.2 Å². The normalized spacial score (nSPS) is 31.1. The molecule has 28 heavy (non-hydrogen) atoms. The lowest BCUT2D eigenvalue weighted by Crippen LogP contribution is -2.60. The first-order valence-electron chi connectivity index (χ1n) is 9.44. The Bertz CT molecular complexity index is 778. The molecule has 0 aromatic heterocycles. The molecule has 0 spiro atoms. The predicted octanol–water partition coefficient (Wildman–Crippen LogP) is 3.30. The Kier molecular flexibility index (Phi) is 6.12. The van der Waals surface area contributed by atoms with E-state index in [2.05, 4.69) is 28.1 Å². The first-order chi connectivity index (χ1) is 13.2. The number of esters is 3. The summed E-state index contributed by atoms with van der Waals surface area (Å²) in [6, 6.07) is 8.17. The fourth-order valence-corrected chi connectivity index (χ4v) is 5.98. The van der Waals surface area contributed by atoms with E-state index in [4.69, 9.17) is 14.2 Å². The van der Waals surface area contributed by atoms with E-state index in [1.807, 2.05) is 12.1 Å². The van der Waals surface area contributed by atoms with E-state index in [1.54, 1.807) is 0 Å². The molecule has 2 aliphatic rings. The first-order valence-corrected chi connectivity index (χ1v) is 10.4. The van der Waals surface area contributed by atoms with E-state index in [9.17, 15) is 14.4 Å². The maximum Gasteiger partial charge on any atom is 0.303 e. The molecule has 7 heteroatoms. The third-order valence-corrected chi connectivity index (χ3v) is 6.65. The second kappa shape index (κ2) is 8.23. The van der Waals surface area contributed by atoms with Crippen molar-refractivity contribution < 1.29 is 28.6 Å². The van der Waals surface area contributed by atoms with Crippen LogP contribution in [0.2, 0.25) is 0 Å². The summed E-state index contributed by atoms with van der Waals surface area (Å²) in [4.78, 5) is 35.3. The number of ether oxygens (including phenoxy) is 3. The highest BCUT2D eigenvalue weighted by molar-refractivity contribution is 9.09. The topological polar surface area (TPSA) is 78.9 Å². The lowest BCUT2D eigenvalue weighted by atomic mass is 9.56. The number of alkyl halides is 1. The van der Waals surface area contributed by atoms with Crippen LogP contribution in [0.5, 0.6) is 0 Å². The molecule has 0 radical (unpaired) electrons. The molecule has 1 aromatic carbocycles. The molecule has 1 saturated carbocycles. The van der Waals surface area contributed by atoms with Crippen molar-refractivity contribution in [2.75, 3.05) is 6.61 Å². The Hall–Kier alpha value is -1.89. The van der Waals surface area contributed by atoms with Crippen LogP contribution in [0.4, 0.5) is 0 Å². The van der Waals surface area contributed by atoms with Gasteiger partial charge in [0.2, 0.25) is 0 Å². The average molecular weight is 453 g/mol. The fraction of sp³-hybridized carbons (Fsp3) is 0.571. The van der Waals surface area contributed by atoms with Crippen LogP contribution in [0, 0.1) is 5.41 Å². The van der Waals surface area contributed by atoms with E-state index in [0.717, 1.165) is 12.0 Å². The molecule has 1 fully saturated rings. The molecular formula is C21H25BrO6. The van der Waals surface area contributed by atoms with Gasteiger partial charge in [-0.3, -0.25) is 14.4 Å². The zero-order valence-electron chi connectivity index (χ0n) is 16.3. The number of carbonyl (C=O) groups excluding carboxylic acids is 3. The molecule has 0 heterocycles. The third kappa shape index (κ3) is 3.95. The molecule has 0 amide bonds. The fourth-order valence-electron chi connectivity index (χ4n) is 4.80. The van der Waals surface area contributed by atoms with Gasteiger partial charge < -0.3 is 14.2 Å². The van der Waals surface area contributed by atoms with Gasteiger partial charge in [0.05, 0.1) is 5.41 Å². The SMILES string of the molecule is CC(=O)OC[C@@]12CCc3ccccc3[C@@H]1[C@@H](Br)C[C@@H](OC(C)=O)[C@@H]2OC(C)=O. The van der Waals surface area contributed by atoms with Gasteiger partial charge in [0, 0.05) is 37.9 Å². The smallest absolute Gasteiger partial charge is 0.303 e. The zero-order chi connectivity index (χ0) is 20.5. The van der Waals surface area contributed by atoms with Gasteiger partial charge in [-0.25, -0.2) is 0 Å². The van der Waals surface area contributed by atoms with E-state index >= 15 is 0 Å². The van der Waals surface area contributed by atoms with Crippen molar-refractivity contribution in [3.8, 4) is 0 Å². The number of halogens is 1. The van der Waals surface area contributed by atoms with Crippen LogP contribution < -0.4 is 0 Å². The number of aryl methyl sites for hydroxylation is 1. The number of hydrogen-bond acceptors (Lipinski definition) is 6. The zero-order valence-corrected chi connectivity index (χ0v) is 17.9. The highest BCUT2D eigenvalue weighted by atomic mass is 79.9. The minimum atomic E-state index is -0.694. The van der Waals surface area contributed by atoms with Crippen molar-refractivity contribution in [2.24, 2.45) is 5.41 Å². The van der Waals surface area contributed by atoms with Gasteiger partial charge in [-0.2, -0.15) is 0 Å². The van der Waals surface area contributed by atoms with E-state index in [1.165, 1.54) is 26.3 Å². The summed E-state index contributed by atoms with van der Waals surface area (Å²) in [5.74, 6) is -1.32. The minimum Gasteiger partial charge on any atom is -0.465 e. The standard InChI is InChI=1S/C21H25BrO6/c1-12(23)26-11-21-9-8-15-6-4-5-7-16(15)19(21)17(22)10-18(27-13(2)24)20(21)28-14(3)25/h4-7,17-20H,8-11H2,1-3H3/t17-,18+,19+,20-,21-/m0/s1. The molecule has 1 aromatic rings. The van der Waals surface area contributed by atoms with Gasteiger partial charge in [-0.05, 0) is 24.0 Å². The predicted molar refractivity (Wildman–Crippen MR) is 105 cm³/mol. The van der Waals surface area contributed by atoms with Crippen LogP contribution in [0.3, 0.4) is 0 Å². The third-order valence-electron chi connectivity index (χ3n) is 5.75. The van der Waals surface area contributed by atoms with Crippen LogP contribution in [-0.4, -0.2) is 41.5 Å². The second-order valence-corrected chi connectivity index (χ2v) is 8.80. The molecule has 0 bridgehead atoms. The van der Waals surface area contributed by atoms with Crippen LogP contribution >= 0.6 is 15.9 Å². The summed E-state index contributed by atoms with van der Waals surface area (Å²) in [6.07, 6.45) is 0.610. The Balaban J connectivity index is 2.11. The van der Waals surface area contributed by atoms with Crippen molar-refractivity contribution in [3.05, 3.63) is 35.4 Å². The molecule has 152 valence electrons. The highest BCUT2D eigenvalue weighted by Gasteiger charge is 2.60.